The molecule has 17 heavy (non-hydrogen) atoms. The topological polar surface area (TPSA) is 0 Å². The molecule has 0 bridgehead atoms. The summed E-state index contributed by atoms with van der Waals surface area (Å²) in [4.78, 5) is 0. The SMILES string of the molecule is CCC[CH2][Sn]([CH2]CCC)([CH2]CCC)[CH2]CCBr. The molecule has 0 saturated heterocycles. The van der Waals surface area contributed by atoms with E-state index in [1.165, 1.54) is 50.3 Å². The summed E-state index contributed by atoms with van der Waals surface area (Å²) in [6, 6.07) is 0. The summed E-state index contributed by atoms with van der Waals surface area (Å²) >= 11 is 1.92. The third kappa shape index (κ3) is 8.91. The summed E-state index contributed by atoms with van der Waals surface area (Å²) in [7, 11) is 0. The van der Waals surface area contributed by atoms with E-state index in [1.807, 2.05) is 0 Å². The van der Waals surface area contributed by atoms with Crippen molar-refractivity contribution in [2.24, 2.45) is 0 Å². The van der Waals surface area contributed by atoms with Gasteiger partial charge in [0.1, 0.15) is 0 Å². The van der Waals surface area contributed by atoms with Gasteiger partial charge in [0.15, 0.2) is 0 Å². The van der Waals surface area contributed by atoms with Crippen LogP contribution in [-0.2, 0) is 0 Å². The molecule has 0 saturated carbocycles. The first-order chi connectivity index (χ1) is 8.24. The van der Waals surface area contributed by atoms with Crippen LogP contribution in [0, 0.1) is 0 Å². The second-order valence-electron chi connectivity index (χ2n) is 5.60. The van der Waals surface area contributed by atoms with Crippen LogP contribution < -0.4 is 0 Å². The van der Waals surface area contributed by atoms with Crippen molar-refractivity contribution in [3.8, 4) is 0 Å². The molecule has 0 spiro atoms. The normalized spacial score (nSPS) is 12.0. The average molecular weight is 412 g/mol. The molecule has 0 aromatic heterocycles. The number of hydrogen-bond acceptors (Lipinski definition) is 0. The number of rotatable bonds is 12. The molecule has 2 heteroatoms. The molecule has 104 valence electrons. The van der Waals surface area contributed by atoms with Crippen molar-refractivity contribution in [2.45, 2.75) is 83.5 Å². The van der Waals surface area contributed by atoms with Gasteiger partial charge in [-0.2, -0.15) is 0 Å². The molecule has 0 aromatic rings. The zero-order valence-corrected chi connectivity index (χ0v) is 16.8. The van der Waals surface area contributed by atoms with Gasteiger partial charge >= 0.3 is 123 Å². The molecular weight excluding hydrogens is 379 g/mol. The predicted octanol–water partition coefficient (Wildman–Crippen LogP) is 6.62. The van der Waals surface area contributed by atoms with Crippen molar-refractivity contribution < 1.29 is 0 Å². The molecule has 0 aliphatic carbocycles. The molecule has 0 amide bonds. The van der Waals surface area contributed by atoms with E-state index in [1.54, 1.807) is 17.7 Å². The van der Waals surface area contributed by atoms with E-state index in [2.05, 4.69) is 36.7 Å². The van der Waals surface area contributed by atoms with Gasteiger partial charge in [0.25, 0.3) is 0 Å². The van der Waals surface area contributed by atoms with Gasteiger partial charge in [-0.05, 0) is 0 Å². The van der Waals surface area contributed by atoms with E-state index < -0.39 is 18.4 Å². The van der Waals surface area contributed by atoms with Crippen molar-refractivity contribution in [3.05, 3.63) is 0 Å². The standard InChI is InChI=1S/3C4H9.C3H6Br.Sn/c3*1-3-4-2;1-2-3-4;/h3*1,3-4H2,2H3;1-3H2;. The van der Waals surface area contributed by atoms with Gasteiger partial charge in [0.05, 0.1) is 0 Å². The summed E-state index contributed by atoms with van der Waals surface area (Å²) in [5.41, 5.74) is 0. The Kier molecular flexibility index (Phi) is 13.2. The molecule has 0 aromatic carbocycles. The van der Waals surface area contributed by atoms with E-state index in [0.717, 1.165) is 0 Å². The second-order valence-corrected chi connectivity index (χ2v) is 20.7. The number of hydrogen-bond donors (Lipinski definition) is 0. The molecule has 0 nitrogen and oxygen atoms in total. The maximum absolute atomic E-state index is 3.64. The van der Waals surface area contributed by atoms with E-state index in [0.29, 0.717) is 0 Å². The Hall–Kier alpha value is 1.28. The minimum absolute atomic E-state index is 1.23. The maximum atomic E-state index is 3.64. The second kappa shape index (κ2) is 12.3. The molecule has 0 atom stereocenters. The first-order valence-electron chi connectivity index (χ1n) is 7.80. The summed E-state index contributed by atoms with van der Waals surface area (Å²) in [6.45, 7) is 7.09. The Balaban J connectivity index is 4.39. The first kappa shape index (κ1) is 18.3. The molecule has 0 rings (SSSR count). The van der Waals surface area contributed by atoms with E-state index >= 15 is 0 Å². The van der Waals surface area contributed by atoms with Gasteiger partial charge in [0.2, 0.25) is 0 Å². The van der Waals surface area contributed by atoms with Gasteiger partial charge < -0.3 is 0 Å². The van der Waals surface area contributed by atoms with Crippen molar-refractivity contribution in [2.75, 3.05) is 5.33 Å². The molecule has 0 aliphatic heterocycles. The van der Waals surface area contributed by atoms with Crippen molar-refractivity contribution in [3.63, 3.8) is 0 Å². The van der Waals surface area contributed by atoms with Crippen LogP contribution in [0.1, 0.15) is 65.7 Å². The van der Waals surface area contributed by atoms with Crippen LogP contribution in [0.25, 0.3) is 0 Å². The Bertz CT molecular complexity index is 121. The Morgan fingerprint density at radius 3 is 1.29 bits per heavy atom. The number of alkyl halides is 1. The Morgan fingerprint density at radius 2 is 1.00 bits per heavy atom. The molecule has 0 aliphatic rings. The quantitative estimate of drug-likeness (QED) is 0.250. The molecule has 0 N–H and O–H groups in total. The summed E-state index contributed by atoms with van der Waals surface area (Å²) in [5, 5.41) is 1.23. The van der Waals surface area contributed by atoms with Crippen molar-refractivity contribution >= 4 is 34.3 Å². The summed E-state index contributed by atoms with van der Waals surface area (Å²) < 4.78 is 6.69. The van der Waals surface area contributed by atoms with E-state index in [4.69, 9.17) is 0 Å². The zero-order chi connectivity index (χ0) is 13.0. The van der Waals surface area contributed by atoms with Gasteiger partial charge in [-0.15, -0.1) is 0 Å². The van der Waals surface area contributed by atoms with Crippen LogP contribution in [-0.4, -0.2) is 23.7 Å². The third-order valence-corrected chi connectivity index (χ3v) is 20.7. The van der Waals surface area contributed by atoms with Gasteiger partial charge in [-0.1, -0.05) is 0 Å². The van der Waals surface area contributed by atoms with Crippen LogP contribution in [0.2, 0.25) is 17.7 Å². The number of halogens is 1. The minimum atomic E-state index is -1.72. The monoisotopic (exact) mass is 412 g/mol. The van der Waals surface area contributed by atoms with Gasteiger partial charge in [-0.3, -0.25) is 0 Å². The van der Waals surface area contributed by atoms with Crippen LogP contribution in [0.4, 0.5) is 0 Å². The van der Waals surface area contributed by atoms with Crippen LogP contribution >= 0.6 is 15.9 Å². The summed E-state index contributed by atoms with van der Waals surface area (Å²) in [6.07, 6.45) is 10.2. The third-order valence-electron chi connectivity index (χ3n) is 4.02. The molecule has 0 radical (unpaired) electrons. The van der Waals surface area contributed by atoms with Gasteiger partial charge in [0, 0.05) is 0 Å². The predicted molar refractivity (Wildman–Crippen MR) is 88.1 cm³/mol. The van der Waals surface area contributed by atoms with Crippen molar-refractivity contribution in [1.82, 2.24) is 0 Å². The summed E-state index contributed by atoms with van der Waals surface area (Å²) in [5.74, 6) is 0. The zero-order valence-electron chi connectivity index (χ0n) is 12.4. The fourth-order valence-electron chi connectivity index (χ4n) is 2.85. The van der Waals surface area contributed by atoms with Gasteiger partial charge in [-0.25, -0.2) is 0 Å². The van der Waals surface area contributed by atoms with E-state index in [9.17, 15) is 0 Å². The first-order valence-corrected chi connectivity index (χ1v) is 17.0. The average Bonchev–Trinajstić information content (AvgIpc) is 2.37. The molecule has 0 fully saturated rings. The van der Waals surface area contributed by atoms with Crippen molar-refractivity contribution in [1.29, 1.82) is 0 Å². The van der Waals surface area contributed by atoms with Crippen LogP contribution in [0.5, 0.6) is 0 Å². The molecule has 0 heterocycles. The fourth-order valence-corrected chi connectivity index (χ4v) is 21.0. The fraction of sp³-hybridized carbons (Fsp3) is 1.00. The molecule has 0 unspecified atom stereocenters. The Morgan fingerprint density at radius 1 is 0.647 bits per heavy atom. The van der Waals surface area contributed by atoms with Crippen LogP contribution in [0.15, 0.2) is 0 Å². The molecular formula is C15H33BrSn. The Labute approximate surface area is 122 Å². The van der Waals surface area contributed by atoms with Crippen LogP contribution in [0.3, 0.4) is 0 Å². The number of unbranched alkanes of at least 4 members (excludes halogenated alkanes) is 3. The van der Waals surface area contributed by atoms with E-state index in [-0.39, 0.29) is 0 Å².